The van der Waals surface area contributed by atoms with Crippen molar-refractivity contribution in [3.05, 3.63) is 0 Å². The number of rotatable bonds is 4. The lowest BCUT2D eigenvalue weighted by Crippen LogP contribution is -2.51. The topological polar surface area (TPSA) is 50.8 Å². The number of carbonyl (C=O) groups excluding carboxylic acids is 1. The molecular weight excluding hydrogens is 256 g/mol. The van der Waals surface area contributed by atoms with Gasteiger partial charge in [-0.1, -0.05) is 0 Å². The Morgan fingerprint density at radius 2 is 1.80 bits per heavy atom. The lowest BCUT2D eigenvalue weighted by molar-refractivity contribution is -0.136. The van der Waals surface area contributed by atoms with Crippen molar-refractivity contribution in [1.82, 2.24) is 10.2 Å². The van der Waals surface area contributed by atoms with Crippen molar-refractivity contribution in [2.75, 3.05) is 26.8 Å². The van der Waals surface area contributed by atoms with E-state index in [4.69, 9.17) is 9.47 Å². The molecule has 0 radical (unpaired) electrons. The molecule has 2 atom stereocenters. The zero-order chi connectivity index (χ0) is 14.5. The van der Waals surface area contributed by atoms with Crippen LogP contribution in [0.15, 0.2) is 0 Å². The SMILES string of the molecule is COCC(=O)N1CCC(NC2CC(C)OC(C)C2)CC1. The molecule has 20 heavy (non-hydrogen) atoms. The van der Waals surface area contributed by atoms with Gasteiger partial charge in [-0.05, 0) is 39.5 Å². The van der Waals surface area contributed by atoms with E-state index in [1.165, 1.54) is 0 Å². The van der Waals surface area contributed by atoms with Crippen molar-refractivity contribution in [3.8, 4) is 0 Å². The molecule has 0 aromatic heterocycles. The summed E-state index contributed by atoms with van der Waals surface area (Å²) in [5, 5.41) is 3.76. The molecule has 5 nitrogen and oxygen atoms in total. The minimum Gasteiger partial charge on any atom is -0.375 e. The molecule has 2 fully saturated rings. The summed E-state index contributed by atoms with van der Waals surface area (Å²) in [6.45, 7) is 6.18. The molecule has 2 rings (SSSR count). The summed E-state index contributed by atoms with van der Waals surface area (Å²) in [7, 11) is 1.57. The van der Waals surface area contributed by atoms with E-state index in [1.54, 1.807) is 7.11 Å². The summed E-state index contributed by atoms with van der Waals surface area (Å²) >= 11 is 0. The van der Waals surface area contributed by atoms with Gasteiger partial charge in [-0.15, -0.1) is 0 Å². The van der Waals surface area contributed by atoms with E-state index in [9.17, 15) is 4.79 Å². The minimum absolute atomic E-state index is 0.110. The van der Waals surface area contributed by atoms with Crippen molar-refractivity contribution in [2.24, 2.45) is 0 Å². The average Bonchev–Trinajstić information content (AvgIpc) is 2.38. The van der Waals surface area contributed by atoms with Gasteiger partial charge in [0.05, 0.1) is 12.2 Å². The molecule has 116 valence electrons. The van der Waals surface area contributed by atoms with E-state index in [-0.39, 0.29) is 12.5 Å². The van der Waals surface area contributed by atoms with Gasteiger partial charge in [0, 0.05) is 32.3 Å². The van der Waals surface area contributed by atoms with Gasteiger partial charge in [0.2, 0.25) is 5.91 Å². The summed E-state index contributed by atoms with van der Waals surface area (Å²) < 4.78 is 10.7. The lowest BCUT2D eigenvalue weighted by Gasteiger charge is -2.38. The third-order valence-electron chi connectivity index (χ3n) is 4.28. The monoisotopic (exact) mass is 284 g/mol. The molecule has 1 N–H and O–H groups in total. The maximum atomic E-state index is 11.7. The van der Waals surface area contributed by atoms with E-state index in [2.05, 4.69) is 19.2 Å². The molecule has 2 aliphatic rings. The average molecular weight is 284 g/mol. The second-order valence-electron chi connectivity index (χ2n) is 6.18. The van der Waals surface area contributed by atoms with Crippen molar-refractivity contribution in [2.45, 2.75) is 63.8 Å². The number of likely N-dealkylation sites (tertiary alicyclic amines) is 1. The van der Waals surface area contributed by atoms with Crippen LogP contribution in [0.1, 0.15) is 39.5 Å². The molecule has 2 aliphatic heterocycles. The second-order valence-corrected chi connectivity index (χ2v) is 6.18. The fourth-order valence-corrected chi connectivity index (χ4v) is 3.38. The van der Waals surface area contributed by atoms with Gasteiger partial charge in [0.15, 0.2) is 0 Å². The number of hydrogen-bond donors (Lipinski definition) is 1. The maximum absolute atomic E-state index is 11.7. The number of amides is 1. The Morgan fingerprint density at radius 1 is 1.20 bits per heavy atom. The van der Waals surface area contributed by atoms with Crippen LogP contribution in [0, 0.1) is 0 Å². The van der Waals surface area contributed by atoms with E-state index in [0.717, 1.165) is 38.8 Å². The second kappa shape index (κ2) is 7.38. The highest BCUT2D eigenvalue weighted by molar-refractivity contribution is 5.77. The molecule has 1 amide bonds. The Kier molecular flexibility index (Phi) is 5.81. The summed E-state index contributed by atoms with van der Waals surface area (Å²) in [6.07, 6.45) is 4.95. The van der Waals surface area contributed by atoms with E-state index in [0.29, 0.717) is 24.3 Å². The number of hydrogen-bond acceptors (Lipinski definition) is 4. The fraction of sp³-hybridized carbons (Fsp3) is 0.933. The molecule has 2 saturated heterocycles. The molecule has 2 heterocycles. The number of piperidine rings is 1. The molecule has 0 saturated carbocycles. The first-order valence-electron chi connectivity index (χ1n) is 7.76. The summed E-state index contributed by atoms with van der Waals surface area (Å²) in [5.41, 5.74) is 0. The highest BCUT2D eigenvalue weighted by atomic mass is 16.5. The van der Waals surface area contributed by atoms with Crippen molar-refractivity contribution in [3.63, 3.8) is 0 Å². The van der Waals surface area contributed by atoms with Crippen LogP contribution in [0.2, 0.25) is 0 Å². The number of nitrogens with one attached hydrogen (secondary N) is 1. The summed E-state index contributed by atoms with van der Waals surface area (Å²) in [4.78, 5) is 13.7. The highest BCUT2D eigenvalue weighted by Crippen LogP contribution is 2.21. The normalized spacial score (nSPS) is 32.4. The molecule has 0 spiro atoms. The molecule has 0 aromatic rings. The Labute approximate surface area is 122 Å². The van der Waals surface area contributed by atoms with E-state index >= 15 is 0 Å². The number of methoxy groups -OCH3 is 1. The van der Waals surface area contributed by atoms with E-state index < -0.39 is 0 Å². The third-order valence-corrected chi connectivity index (χ3v) is 4.28. The highest BCUT2D eigenvalue weighted by Gasteiger charge is 2.28. The first-order chi connectivity index (χ1) is 9.58. The van der Waals surface area contributed by atoms with Crippen LogP contribution < -0.4 is 5.32 Å². The molecule has 0 aliphatic carbocycles. The largest absolute Gasteiger partial charge is 0.375 e. The fourth-order valence-electron chi connectivity index (χ4n) is 3.38. The molecule has 0 bridgehead atoms. The standard InChI is InChI=1S/C15H28N2O3/c1-11-8-14(9-12(2)20-11)16-13-4-6-17(7-5-13)15(18)10-19-3/h11-14,16H,4-10H2,1-3H3. The van der Waals surface area contributed by atoms with Crippen LogP contribution in [0.3, 0.4) is 0 Å². The van der Waals surface area contributed by atoms with E-state index in [1.807, 2.05) is 4.90 Å². The predicted octanol–water partition coefficient (Wildman–Crippen LogP) is 1.17. The molecular formula is C15H28N2O3. The molecule has 2 unspecified atom stereocenters. The summed E-state index contributed by atoms with van der Waals surface area (Å²) in [6, 6.07) is 1.09. The first kappa shape index (κ1) is 15.7. The third kappa shape index (κ3) is 4.43. The smallest absolute Gasteiger partial charge is 0.248 e. The van der Waals surface area contributed by atoms with Crippen molar-refractivity contribution >= 4 is 5.91 Å². The van der Waals surface area contributed by atoms with Gasteiger partial charge in [0.25, 0.3) is 0 Å². The zero-order valence-corrected chi connectivity index (χ0v) is 12.9. The molecule has 5 heteroatoms. The Hall–Kier alpha value is -0.650. The van der Waals surface area contributed by atoms with Crippen LogP contribution in [0.25, 0.3) is 0 Å². The zero-order valence-electron chi connectivity index (χ0n) is 12.9. The first-order valence-corrected chi connectivity index (χ1v) is 7.76. The summed E-state index contributed by atoms with van der Waals surface area (Å²) in [5.74, 6) is 0.110. The van der Waals surface area contributed by atoms with Gasteiger partial charge >= 0.3 is 0 Å². The van der Waals surface area contributed by atoms with Gasteiger partial charge in [-0.2, -0.15) is 0 Å². The van der Waals surface area contributed by atoms with Gasteiger partial charge in [0.1, 0.15) is 6.61 Å². The van der Waals surface area contributed by atoms with Gasteiger partial charge < -0.3 is 19.7 Å². The Balaban J connectivity index is 1.72. The Bertz CT molecular complexity index is 306. The number of nitrogens with zero attached hydrogens (tertiary/aromatic N) is 1. The number of ether oxygens (including phenoxy) is 2. The van der Waals surface area contributed by atoms with Crippen LogP contribution in [-0.2, 0) is 14.3 Å². The minimum atomic E-state index is 0.110. The van der Waals surface area contributed by atoms with Crippen molar-refractivity contribution in [1.29, 1.82) is 0 Å². The molecule has 0 aromatic carbocycles. The van der Waals surface area contributed by atoms with Gasteiger partial charge in [-0.3, -0.25) is 4.79 Å². The predicted molar refractivity (Wildman–Crippen MR) is 77.6 cm³/mol. The lowest BCUT2D eigenvalue weighted by atomic mass is 9.96. The van der Waals surface area contributed by atoms with Crippen LogP contribution in [0.4, 0.5) is 0 Å². The number of carbonyl (C=O) groups is 1. The van der Waals surface area contributed by atoms with Crippen LogP contribution in [0.5, 0.6) is 0 Å². The van der Waals surface area contributed by atoms with Crippen LogP contribution in [-0.4, -0.2) is 61.9 Å². The van der Waals surface area contributed by atoms with Crippen molar-refractivity contribution < 1.29 is 14.3 Å². The maximum Gasteiger partial charge on any atom is 0.248 e. The van der Waals surface area contributed by atoms with Gasteiger partial charge in [-0.25, -0.2) is 0 Å². The quantitative estimate of drug-likeness (QED) is 0.842. The Morgan fingerprint density at radius 3 is 2.35 bits per heavy atom. The van der Waals surface area contributed by atoms with Crippen LogP contribution >= 0.6 is 0 Å².